The Hall–Kier alpha value is -3.43. The number of thiophene rings is 1. The van der Waals surface area contributed by atoms with E-state index in [4.69, 9.17) is 21.1 Å². The van der Waals surface area contributed by atoms with Gasteiger partial charge in [-0.15, -0.1) is 11.3 Å². The molecule has 2 aromatic carbocycles. The Bertz CT molecular complexity index is 1190. The van der Waals surface area contributed by atoms with E-state index in [9.17, 15) is 19.7 Å². The molecule has 0 saturated heterocycles. The van der Waals surface area contributed by atoms with Crippen LogP contribution in [-0.4, -0.2) is 30.5 Å². The van der Waals surface area contributed by atoms with Gasteiger partial charge in [-0.3, -0.25) is 14.9 Å². The predicted molar refractivity (Wildman–Crippen MR) is 123 cm³/mol. The van der Waals surface area contributed by atoms with Gasteiger partial charge in [-0.25, -0.2) is 4.79 Å². The summed E-state index contributed by atoms with van der Waals surface area (Å²) in [5, 5.41) is 14.0. The van der Waals surface area contributed by atoms with Gasteiger partial charge in [-0.1, -0.05) is 23.7 Å². The first-order valence-electron chi connectivity index (χ1n) is 9.47. The number of aryl methyl sites for hydroxylation is 1. The van der Waals surface area contributed by atoms with E-state index < -0.39 is 16.8 Å². The van der Waals surface area contributed by atoms with Crippen LogP contribution < -0.4 is 10.1 Å². The summed E-state index contributed by atoms with van der Waals surface area (Å²) in [7, 11) is 1.25. The molecule has 1 amide bonds. The Kier molecular flexibility index (Phi) is 7.12. The molecule has 166 valence electrons. The van der Waals surface area contributed by atoms with E-state index in [1.165, 1.54) is 30.6 Å². The Labute approximate surface area is 192 Å². The summed E-state index contributed by atoms with van der Waals surface area (Å²) in [5.74, 6) is -0.611. The number of nitrogens with one attached hydrogen (secondary N) is 1. The minimum Gasteiger partial charge on any atom is -0.494 e. The number of benzene rings is 2. The molecule has 10 heteroatoms. The second-order valence-electron chi connectivity index (χ2n) is 6.56. The first kappa shape index (κ1) is 23.2. The number of nitro groups is 1. The minimum absolute atomic E-state index is 0.0488. The van der Waals surface area contributed by atoms with Crippen LogP contribution in [0.4, 0.5) is 10.7 Å². The Morgan fingerprint density at radius 1 is 1.19 bits per heavy atom. The van der Waals surface area contributed by atoms with Gasteiger partial charge in [0.15, 0.2) is 0 Å². The van der Waals surface area contributed by atoms with Gasteiger partial charge in [0.2, 0.25) is 0 Å². The summed E-state index contributed by atoms with van der Waals surface area (Å²) in [5.41, 5.74) is 1.20. The maximum atomic E-state index is 12.9. The number of nitro benzene ring substituents is 1. The molecule has 0 aliphatic heterocycles. The molecule has 0 atom stereocenters. The number of hydrogen-bond acceptors (Lipinski definition) is 7. The van der Waals surface area contributed by atoms with E-state index in [2.05, 4.69) is 5.32 Å². The summed E-state index contributed by atoms with van der Waals surface area (Å²) in [6, 6.07) is 10.8. The molecule has 0 spiro atoms. The van der Waals surface area contributed by atoms with Crippen LogP contribution in [0.3, 0.4) is 0 Å². The molecule has 0 aliphatic rings. The van der Waals surface area contributed by atoms with Crippen LogP contribution in [-0.2, 0) is 4.74 Å². The second kappa shape index (κ2) is 9.80. The topological polar surface area (TPSA) is 108 Å². The van der Waals surface area contributed by atoms with Crippen LogP contribution in [0.5, 0.6) is 5.75 Å². The van der Waals surface area contributed by atoms with Crippen molar-refractivity contribution in [3.63, 3.8) is 0 Å². The van der Waals surface area contributed by atoms with Gasteiger partial charge in [0.05, 0.1) is 29.2 Å². The third-order valence-corrected chi connectivity index (χ3v) is 5.91. The highest BCUT2D eigenvalue weighted by Gasteiger charge is 2.26. The maximum absolute atomic E-state index is 12.9. The largest absolute Gasteiger partial charge is 0.494 e. The molecule has 3 aromatic rings. The fourth-order valence-electron chi connectivity index (χ4n) is 3.13. The SMILES string of the molecule is CCOc1ccc(-c2c(C)sc(NC(=O)c3cc([N+](=O)[O-])ccc3Cl)c2C(=O)OC)cc1. The minimum atomic E-state index is -0.677. The van der Waals surface area contributed by atoms with Crippen LogP contribution in [0.2, 0.25) is 5.02 Å². The van der Waals surface area contributed by atoms with Crippen molar-refractivity contribution < 1.29 is 24.0 Å². The molecule has 1 N–H and O–H groups in total. The molecule has 32 heavy (non-hydrogen) atoms. The van der Waals surface area contributed by atoms with E-state index in [-0.39, 0.29) is 26.8 Å². The lowest BCUT2D eigenvalue weighted by Crippen LogP contribution is -2.15. The Morgan fingerprint density at radius 3 is 2.47 bits per heavy atom. The van der Waals surface area contributed by atoms with Crippen molar-refractivity contribution in [2.45, 2.75) is 13.8 Å². The Morgan fingerprint density at radius 2 is 1.88 bits per heavy atom. The molecule has 0 aliphatic carbocycles. The number of hydrogen-bond donors (Lipinski definition) is 1. The summed E-state index contributed by atoms with van der Waals surface area (Å²) in [4.78, 5) is 36.7. The van der Waals surface area contributed by atoms with E-state index in [0.29, 0.717) is 17.9 Å². The maximum Gasteiger partial charge on any atom is 0.341 e. The number of rotatable bonds is 7. The summed E-state index contributed by atoms with van der Waals surface area (Å²) >= 11 is 7.27. The highest BCUT2D eigenvalue weighted by atomic mass is 35.5. The molecular weight excluding hydrogens is 456 g/mol. The number of esters is 1. The molecule has 0 fully saturated rings. The number of halogens is 1. The summed E-state index contributed by atoms with van der Waals surface area (Å²) < 4.78 is 10.4. The molecule has 0 bridgehead atoms. The van der Waals surface area contributed by atoms with Crippen molar-refractivity contribution in [2.24, 2.45) is 0 Å². The number of carbonyl (C=O) groups excluding carboxylic acids is 2. The average molecular weight is 475 g/mol. The normalized spacial score (nSPS) is 10.5. The highest BCUT2D eigenvalue weighted by molar-refractivity contribution is 7.17. The van der Waals surface area contributed by atoms with Crippen LogP contribution in [0, 0.1) is 17.0 Å². The second-order valence-corrected chi connectivity index (χ2v) is 8.19. The van der Waals surface area contributed by atoms with Gasteiger partial charge in [0.25, 0.3) is 11.6 Å². The van der Waals surface area contributed by atoms with Crippen molar-refractivity contribution in [3.8, 4) is 16.9 Å². The van der Waals surface area contributed by atoms with Gasteiger partial charge in [0, 0.05) is 22.6 Å². The monoisotopic (exact) mass is 474 g/mol. The highest BCUT2D eigenvalue weighted by Crippen LogP contribution is 2.41. The zero-order valence-electron chi connectivity index (χ0n) is 17.4. The Balaban J connectivity index is 2.03. The molecule has 1 heterocycles. The fourth-order valence-corrected chi connectivity index (χ4v) is 4.40. The smallest absolute Gasteiger partial charge is 0.341 e. The van der Waals surface area contributed by atoms with Crippen LogP contribution in [0.25, 0.3) is 11.1 Å². The van der Waals surface area contributed by atoms with Crippen molar-refractivity contribution >= 4 is 45.5 Å². The third kappa shape index (κ3) is 4.74. The number of amides is 1. The van der Waals surface area contributed by atoms with Crippen LogP contribution >= 0.6 is 22.9 Å². The van der Waals surface area contributed by atoms with Crippen molar-refractivity contribution in [3.05, 3.63) is 73.6 Å². The van der Waals surface area contributed by atoms with Gasteiger partial charge < -0.3 is 14.8 Å². The van der Waals surface area contributed by atoms with Gasteiger partial charge in [-0.2, -0.15) is 0 Å². The van der Waals surface area contributed by atoms with E-state index in [1.807, 2.05) is 26.0 Å². The number of ether oxygens (including phenoxy) is 2. The predicted octanol–water partition coefficient (Wildman–Crippen LogP) is 5.72. The first-order valence-corrected chi connectivity index (χ1v) is 10.7. The molecule has 1 aromatic heterocycles. The third-order valence-electron chi connectivity index (χ3n) is 4.56. The molecular formula is C22H19ClN2O6S. The number of carbonyl (C=O) groups is 2. The van der Waals surface area contributed by atoms with E-state index >= 15 is 0 Å². The van der Waals surface area contributed by atoms with Crippen molar-refractivity contribution in [1.29, 1.82) is 0 Å². The molecule has 3 rings (SSSR count). The summed E-state index contributed by atoms with van der Waals surface area (Å²) in [6.07, 6.45) is 0. The lowest BCUT2D eigenvalue weighted by atomic mass is 10.0. The quantitative estimate of drug-likeness (QED) is 0.266. The van der Waals surface area contributed by atoms with Crippen molar-refractivity contribution in [2.75, 3.05) is 19.0 Å². The zero-order valence-corrected chi connectivity index (χ0v) is 19.0. The first-order chi connectivity index (χ1) is 15.3. The van der Waals surface area contributed by atoms with E-state index in [1.54, 1.807) is 12.1 Å². The fraction of sp³-hybridized carbons (Fsp3) is 0.182. The van der Waals surface area contributed by atoms with E-state index in [0.717, 1.165) is 16.5 Å². The van der Waals surface area contributed by atoms with Crippen LogP contribution in [0.15, 0.2) is 42.5 Å². The molecule has 0 saturated carbocycles. The molecule has 8 nitrogen and oxygen atoms in total. The number of non-ortho nitro benzene ring substituents is 1. The standard InChI is InChI=1S/C22H19ClN2O6S/c1-4-31-15-8-5-13(6-9-15)18-12(2)32-21(19(18)22(27)30-3)24-20(26)16-11-14(25(28)29)7-10-17(16)23/h5-11H,4H2,1-3H3,(H,24,26). The lowest BCUT2D eigenvalue weighted by molar-refractivity contribution is -0.384. The average Bonchev–Trinajstić information content (AvgIpc) is 3.09. The molecule has 0 radical (unpaired) electrons. The number of methoxy groups -OCH3 is 1. The van der Waals surface area contributed by atoms with Gasteiger partial charge in [-0.05, 0) is 37.6 Å². The van der Waals surface area contributed by atoms with Crippen LogP contribution in [0.1, 0.15) is 32.5 Å². The van der Waals surface area contributed by atoms with Gasteiger partial charge >= 0.3 is 5.97 Å². The number of nitrogens with zero attached hydrogens (tertiary/aromatic N) is 1. The summed E-state index contributed by atoms with van der Waals surface area (Å²) in [6.45, 7) is 4.23. The number of anilines is 1. The lowest BCUT2D eigenvalue weighted by Gasteiger charge is -2.10. The zero-order chi connectivity index (χ0) is 23.4. The van der Waals surface area contributed by atoms with Crippen molar-refractivity contribution in [1.82, 2.24) is 0 Å². The molecule has 0 unspecified atom stereocenters. The van der Waals surface area contributed by atoms with Gasteiger partial charge in [0.1, 0.15) is 16.3 Å².